The molecule has 0 radical (unpaired) electrons. The first-order valence-corrected chi connectivity index (χ1v) is 5.62. The van der Waals surface area contributed by atoms with Crippen molar-refractivity contribution in [3.63, 3.8) is 0 Å². The predicted octanol–water partition coefficient (Wildman–Crippen LogP) is 2.72. The highest BCUT2D eigenvalue weighted by molar-refractivity contribution is 5.35. The summed E-state index contributed by atoms with van der Waals surface area (Å²) < 4.78 is 5.37. The van der Waals surface area contributed by atoms with Crippen LogP contribution in [0.4, 0.5) is 0 Å². The molecule has 0 amide bonds. The summed E-state index contributed by atoms with van der Waals surface area (Å²) in [6.07, 6.45) is 1.51. The van der Waals surface area contributed by atoms with Crippen LogP contribution in [0.2, 0.25) is 0 Å². The fraction of sp³-hybridized carbons (Fsp3) is 0.538. The Labute approximate surface area is 90.9 Å². The molecule has 2 rings (SSSR count). The average Bonchev–Trinajstić information content (AvgIpc) is 2.74. The minimum atomic E-state index is -0.669. The molecular formula is C13H18O2. The summed E-state index contributed by atoms with van der Waals surface area (Å²) in [6, 6.07) is 6.20. The molecule has 0 saturated carbocycles. The molecule has 0 aliphatic carbocycles. The molecule has 0 aromatic heterocycles. The quantitative estimate of drug-likeness (QED) is 0.824. The molecule has 0 atom stereocenters. The SMILES string of the molecule is CCC(O)(CC)c1ccc2c(c1)COC2. The third-order valence-electron chi connectivity index (χ3n) is 3.43. The van der Waals surface area contributed by atoms with E-state index in [0.717, 1.165) is 18.4 Å². The smallest absolute Gasteiger partial charge is 0.0891 e. The second-order valence-corrected chi connectivity index (χ2v) is 4.21. The van der Waals surface area contributed by atoms with E-state index in [1.807, 2.05) is 19.9 Å². The van der Waals surface area contributed by atoms with Gasteiger partial charge in [-0.3, -0.25) is 0 Å². The molecular weight excluding hydrogens is 188 g/mol. The van der Waals surface area contributed by atoms with E-state index in [1.54, 1.807) is 0 Å². The average molecular weight is 206 g/mol. The standard InChI is InChI=1S/C13H18O2/c1-3-13(14,4-2)12-6-5-10-8-15-9-11(10)7-12/h5-7,14H,3-4,8-9H2,1-2H3. The van der Waals surface area contributed by atoms with Crippen LogP contribution in [0, 0.1) is 0 Å². The van der Waals surface area contributed by atoms with Crippen LogP contribution in [0.1, 0.15) is 43.4 Å². The fourth-order valence-electron chi connectivity index (χ4n) is 2.12. The maximum Gasteiger partial charge on any atom is 0.0891 e. The monoisotopic (exact) mass is 206 g/mol. The highest BCUT2D eigenvalue weighted by atomic mass is 16.5. The Balaban J connectivity index is 2.37. The lowest BCUT2D eigenvalue weighted by Crippen LogP contribution is -2.23. The largest absolute Gasteiger partial charge is 0.385 e. The van der Waals surface area contributed by atoms with Gasteiger partial charge >= 0.3 is 0 Å². The lowest BCUT2D eigenvalue weighted by Gasteiger charge is -2.26. The lowest BCUT2D eigenvalue weighted by atomic mass is 9.87. The second-order valence-electron chi connectivity index (χ2n) is 4.21. The normalized spacial score (nSPS) is 15.4. The first-order chi connectivity index (χ1) is 7.19. The van der Waals surface area contributed by atoms with Gasteiger partial charge in [0.15, 0.2) is 0 Å². The summed E-state index contributed by atoms with van der Waals surface area (Å²) in [5.41, 5.74) is 2.84. The molecule has 2 heteroatoms. The minimum Gasteiger partial charge on any atom is -0.385 e. The molecule has 15 heavy (non-hydrogen) atoms. The third kappa shape index (κ3) is 1.80. The van der Waals surface area contributed by atoms with Gasteiger partial charge in [-0.1, -0.05) is 32.0 Å². The fourth-order valence-corrected chi connectivity index (χ4v) is 2.12. The maximum atomic E-state index is 10.4. The Morgan fingerprint density at radius 3 is 2.53 bits per heavy atom. The Kier molecular flexibility index (Phi) is 2.81. The summed E-state index contributed by atoms with van der Waals surface area (Å²) >= 11 is 0. The van der Waals surface area contributed by atoms with Crippen molar-refractivity contribution in [3.05, 3.63) is 34.9 Å². The molecule has 0 bridgehead atoms. The number of benzene rings is 1. The van der Waals surface area contributed by atoms with Crippen LogP contribution in [0.25, 0.3) is 0 Å². The zero-order valence-electron chi connectivity index (χ0n) is 9.42. The van der Waals surface area contributed by atoms with Gasteiger partial charge in [0, 0.05) is 0 Å². The van der Waals surface area contributed by atoms with Gasteiger partial charge in [-0.25, -0.2) is 0 Å². The molecule has 1 heterocycles. The van der Waals surface area contributed by atoms with Crippen LogP contribution in [0.3, 0.4) is 0 Å². The summed E-state index contributed by atoms with van der Waals surface area (Å²) in [7, 11) is 0. The Morgan fingerprint density at radius 1 is 1.20 bits per heavy atom. The molecule has 0 spiro atoms. The number of hydrogen-bond donors (Lipinski definition) is 1. The van der Waals surface area contributed by atoms with Crippen molar-refractivity contribution in [3.8, 4) is 0 Å². The molecule has 1 aliphatic heterocycles. The number of ether oxygens (including phenoxy) is 1. The summed E-state index contributed by atoms with van der Waals surface area (Å²) in [4.78, 5) is 0. The van der Waals surface area contributed by atoms with Crippen LogP contribution in [-0.2, 0) is 23.6 Å². The zero-order chi connectivity index (χ0) is 10.9. The molecule has 1 aromatic carbocycles. The summed E-state index contributed by atoms with van der Waals surface area (Å²) in [5.74, 6) is 0. The van der Waals surface area contributed by atoms with E-state index in [-0.39, 0.29) is 0 Å². The van der Waals surface area contributed by atoms with E-state index in [0.29, 0.717) is 13.2 Å². The molecule has 0 saturated heterocycles. The van der Waals surface area contributed by atoms with E-state index >= 15 is 0 Å². The van der Waals surface area contributed by atoms with E-state index in [1.165, 1.54) is 11.1 Å². The molecule has 0 fully saturated rings. The van der Waals surface area contributed by atoms with Gasteiger partial charge in [-0.05, 0) is 29.5 Å². The Bertz CT molecular complexity index is 354. The highest BCUT2D eigenvalue weighted by Crippen LogP contribution is 2.31. The third-order valence-corrected chi connectivity index (χ3v) is 3.43. The summed E-state index contributed by atoms with van der Waals surface area (Å²) in [6.45, 7) is 5.44. The van der Waals surface area contributed by atoms with Crippen molar-refractivity contribution in [2.75, 3.05) is 0 Å². The van der Waals surface area contributed by atoms with Crippen molar-refractivity contribution in [2.45, 2.75) is 45.5 Å². The molecule has 1 aromatic rings. The Morgan fingerprint density at radius 2 is 1.87 bits per heavy atom. The van der Waals surface area contributed by atoms with E-state index in [9.17, 15) is 5.11 Å². The van der Waals surface area contributed by atoms with Crippen molar-refractivity contribution in [1.29, 1.82) is 0 Å². The predicted molar refractivity (Wildman–Crippen MR) is 59.4 cm³/mol. The van der Waals surface area contributed by atoms with Crippen LogP contribution < -0.4 is 0 Å². The lowest BCUT2D eigenvalue weighted by molar-refractivity contribution is 0.0283. The van der Waals surface area contributed by atoms with Gasteiger partial charge in [0.2, 0.25) is 0 Å². The molecule has 0 unspecified atom stereocenters. The topological polar surface area (TPSA) is 29.5 Å². The van der Waals surface area contributed by atoms with E-state index < -0.39 is 5.60 Å². The first-order valence-electron chi connectivity index (χ1n) is 5.62. The second kappa shape index (κ2) is 3.95. The van der Waals surface area contributed by atoms with Gasteiger partial charge < -0.3 is 9.84 Å². The van der Waals surface area contributed by atoms with Gasteiger partial charge in [0.25, 0.3) is 0 Å². The van der Waals surface area contributed by atoms with Crippen LogP contribution in [-0.4, -0.2) is 5.11 Å². The molecule has 1 N–H and O–H groups in total. The molecule has 82 valence electrons. The van der Waals surface area contributed by atoms with Crippen molar-refractivity contribution < 1.29 is 9.84 Å². The van der Waals surface area contributed by atoms with Gasteiger partial charge in [0.05, 0.1) is 18.8 Å². The zero-order valence-corrected chi connectivity index (χ0v) is 9.42. The molecule has 1 aliphatic rings. The van der Waals surface area contributed by atoms with E-state index in [2.05, 4.69) is 12.1 Å². The van der Waals surface area contributed by atoms with Gasteiger partial charge in [-0.15, -0.1) is 0 Å². The summed E-state index contributed by atoms with van der Waals surface area (Å²) in [5, 5.41) is 10.4. The van der Waals surface area contributed by atoms with E-state index in [4.69, 9.17) is 4.74 Å². The number of fused-ring (bicyclic) bond motifs is 1. The Hall–Kier alpha value is -0.860. The highest BCUT2D eigenvalue weighted by Gasteiger charge is 2.26. The van der Waals surface area contributed by atoms with Gasteiger partial charge in [0.1, 0.15) is 0 Å². The molecule has 2 nitrogen and oxygen atoms in total. The maximum absolute atomic E-state index is 10.4. The van der Waals surface area contributed by atoms with Crippen molar-refractivity contribution in [1.82, 2.24) is 0 Å². The van der Waals surface area contributed by atoms with Crippen molar-refractivity contribution >= 4 is 0 Å². The van der Waals surface area contributed by atoms with Crippen LogP contribution in [0.15, 0.2) is 18.2 Å². The van der Waals surface area contributed by atoms with Crippen molar-refractivity contribution in [2.24, 2.45) is 0 Å². The minimum absolute atomic E-state index is 0.669. The number of rotatable bonds is 3. The first kappa shape index (κ1) is 10.7. The van der Waals surface area contributed by atoms with Crippen LogP contribution >= 0.6 is 0 Å². The van der Waals surface area contributed by atoms with Crippen LogP contribution in [0.5, 0.6) is 0 Å². The van der Waals surface area contributed by atoms with Gasteiger partial charge in [-0.2, -0.15) is 0 Å². The number of aliphatic hydroxyl groups is 1. The number of hydrogen-bond acceptors (Lipinski definition) is 2.